The molecule has 2 heterocycles. The summed E-state index contributed by atoms with van der Waals surface area (Å²) in [6.45, 7) is 0.773. The van der Waals surface area contributed by atoms with Crippen LogP contribution in [0.3, 0.4) is 0 Å². The molecule has 0 aliphatic carbocycles. The van der Waals surface area contributed by atoms with Gasteiger partial charge in [-0.05, 0) is 65.2 Å². The summed E-state index contributed by atoms with van der Waals surface area (Å²) in [5.41, 5.74) is 1.45. The number of hydrogen-bond donors (Lipinski definition) is 2. The number of benzene rings is 1. The molecule has 5 heteroatoms. The minimum atomic E-state index is 0.0390. The molecule has 1 unspecified atom stereocenters. The molecule has 0 spiro atoms. The van der Waals surface area contributed by atoms with E-state index < -0.39 is 0 Å². The van der Waals surface area contributed by atoms with Crippen molar-refractivity contribution >= 4 is 21.8 Å². The SMILES string of the molecule is N#Cc1cc(CC(=O)NCC2C[C@H]3CC[C@@H](C2)N3)ccc1Br. The van der Waals surface area contributed by atoms with Gasteiger partial charge in [-0.2, -0.15) is 5.26 Å². The fraction of sp³-hybridized carbons (Fsp3) is 0.529. The normalized spacial score (nSPS) is 26.5. The zero-order valence-corrected chi connectivity index (χ0v) is 14.0. The third-order valence-corrected chi connectivity index (χ3v) is 5.37. The van der Waals surface area contributed by atoms with Crippen LogP contribution in [0, 0.1) is 17.2 Å². The van der Waals surface area contributed by atoms with E-state index in [0.29, 0.717) is 30.0 Å². The Balaban J connectivity index is 1.49. The molecule has 2 N–H and O–H groups in total. The Hall–Kier alpha value is -1.38. The fourth-order valence-electron chi connectivity index (χ4n) is 3.62. The quantitative estimate of drug-likeness (QED) is 0.865. The van der Waals surface area contributed by atoms with Gasteiger partial charge in [-0.15, -0.1) is 0 Å². The van der Waals surface area contributed by atoms with Gasteiger partial charge in [0.25, 0.3) is 0 Å². The maximum absolute atomic E-state index is 12.1. The number of piperidine rings is 1. The van der Waals surface area contributed by atoms with E-state index in [0.717, 1.165) is 16.6 Å². The van der Waals surface area contributed by atoms with Gasteiger partial charge in [-0.25, -0.2) is 0 Å². The minimum absolute atomic E-state index is 0.0390. The molecular formula is C17H20BrN3O. The molecule has 22 heavy (non-hydrogen) atoms. The molecule has 1 aromatic rings. The standard InChI is InChI=1S/C17H20BrN3O/c18-16-4-1-11(5-13(16)9-19)8-17(22)20-10-12-6-14-2-3-15(7-12)21-14/h1,4-5,12,14-15,21H,2-3,6-8,10H2,(H,20,22)/t12?,14-,15+. The molecule has 1 aromatic carbocycles. The van der Waals surface area contributed by atoms with Crippen molar-refractivity contribution in [2.24, 2.45) is 5.92 Å². The average molecular weight is 362 g/mol. The lowest BCUT2D eigenvalue weighted by molar-refractivity contribution is -0.120. The van der Waals surface area contributed by atoms with E-state index in [2.05, 4.69) is 32.6 Å². The van der Waals surface area contributed by atoms with Crippen molar-refractivity contribution in [2.75, 3.05) is 6.54 Å². The molecule has 0 radical (unpaired) electrons. The zero-order chi connectivity index (χ0) is 15.5. The van der Waals surface area contributed by atoms with E-state index in [4.69, 9.17) is 5.26 Å². The number of rotatable bonds is 4. The van der Waals surface area contributed by atoms with Crippen molar-refractivity contribution in [3.05, 3.63) is 33.8 Å². The van der Waals surface area contributed by atoms with Gasteiger partial charge in [0.05, 0.1) is 12.0 Å². The topological polar surface area (TPSA) is 64.9 Å². The van der Waals surface area contributed by atoms with Gasteiger partial charge in [-0.1, -0.05) is 6.07 Å². The summed E-state index contributed by atoms with van der Waals surface area (Å²) < 4.78 is 0.768. The van der Waals surface area contributed by atoms with E-state index in [9.17, 15) is 4.79 Å². The average Bonchev–Trinajstić information content (AvgIpc) is 2.86. The molecule has 2 aliphatic rings. The summed E-state index contributed by atoms with van der Waals surface area (Å²) in [5, 5.41) is 15.7. The second-order valence-electron chi connectivity index (χ2n) is 6.38. The van der Waals surface area contributed by atoms with Crippen LogP contribution in [-0.4, -0.2) is 24.5 Å². The molecule has 116 valence electrons. The summed E-state index contributed by atoms with van der Waals surface area (Å²) in [5.74, 6) is 0.638. The van der Waals surface area contributed by atoms with Crippen molar-refractivity contribution in [3.8, 4) is 6.07 Å². The number of halogens is 1. The predicted molar refractivity (Wildman–Crippen MR) is 88.2 cm³/mol. The molecular weight excluding hydrogens is 342 g/mol. The summed E-state index contributed by atoms with van der Waals surface area (Å²) in [6, 6.07) is 8.92. The second-order valence-corrected chi connectivity index (χ2v) is 7.24. The van der Waals surface area contributed by atoms with Crippen LogP contribution in [0.4, 0.5) is 0 Å². The Morgan fingerprint density at radius 1 is 1.36 bits per heavy atom. The van der Waals surface area contributed by atoms with Crippen molar-refractivity contribution in [3.63, 3.8) is 0 Å². The van der Waals surface area contributed by atoms with Gasteiger partial charge in [-0.3, -0.25) is 4.79 Å². The number of hydrogen-bond acceptors (Lipinski definition) is 3. The Bertz CT molecular complexity index is 598. The predicted octanol–water partition coefficient (Wildman–Crippen LogP) is 2.51. The second kappa shape index (κ2) is 6.80. The first-order valence-electron chi connectivity index (χ1n) is 7.85. The van der Waals surface area contributed by atoms with E-state index in [1.54, 1.807) is 6.07 Å². The number of carbonyl (C=O) groups is 1. The van der Waals surface area contributed by atoms with Crippen LogP contribution in [0.15, 0.2) is 22.7 Å². The highest BCUT2D eigenvalue weighted by Gasteiger charge is 2.33. The highest BCUT2D eigenvalue weighted by atomic mass is 79.9. The Morgan fingerprint density at radius 3 is 2.77 bits per heavy atom. The first kappa shape index (κ1) is 15.5. The highest BCUT2D eigenvalue weighted by Crippen LogP contribution is 2.30. The molecule has 2 fully saturated rings. The molecule has 0 aromatic heterocycles. The number of carbonyl (C=O) groups excluding carboxylic acids is 1. The van der Waals surface area contributed by atoms with Crippen LogP contribution in [0.1, 0.15) is 36.8 Å². The monoisotopic (exact) mass is 361 g/mol. The minimum Gasteiger partial charge on any atom is -0.356 e. The summed E-state index contributed by atoms with van der Waals surface area (Å²) >= 11 is 3.33. The largest absolute Gasteiger partial charge is 0.356 e. The molecule has 3 rings (SSSR count). The van der Waals surface area contributed by atoms with Gasteiger partial charge in [0, 0.05) is 23.1 Å². The third kappa shape index (κ3) is 3.68. The Labute approximate surface area is 139 Å². The van der Waals surface area contributed by atoms with Crippen LogP contribution in [0.25, 0.3) is 0 Å². The lowest BCUT2D eigenvalue weighted by Crippen LogP contribution is -2.42. The van der Waals surface area contributed by atoms with Gasteiger partial charge in [0.15, 0.2) is 0 Å². The van der Waals surface area contributed by atoms with Gasteiger partial charge >= 0.3 is 0 Å². The number of fused-ring (bicyclic) bond motifs is 2. The number of nitriles is 1. The molecule has 2 bridgehead atoms. The van der Waals surface area contributed by atoms with E-state index in [-0.39, 0.29) is 5.91 Å². The number of amides is 1. The lowest BCUT2D eigenvalue weighted by atomic mass is 9.92. The van der Waals surface area contributed by atoms with Gasteiger partial charge in [0.2, 0.25) is 5.91 Å². The maximum Gasteiger partial charge on any atom is 0.224 e. The zero-order valence-electron chi connectivity index (χ0n) is 12.4. The Morgan fingerprint density at radius 2 is 2.09 bits per heavy atom. The maximum atomic E-state index is 12.1. The Kier molecular flexibility index (Phi) is 4.80. The van der Waals surface area contributed by atoms with Crippen LogP contribution >= 0.6 is 15.9 Å². The van der Waals surface area contributed by atoms with Gasteiger partial charge in [0.1, 0.15) is 6.07 Å². The summed E-state index contributed by atoms with van der Waals surface area (Å²) in [7, 11) is 0. The number of nitrogens with zero attached hydrogens (tertiary/aromatic N) is 1. The number of nitrogens with one attached hydrogen (secondary N) is 2. The van der Waals surface area contributed by atoms with Crippen molar-refractivity contribution in [2.45, 2.75) is 44.2 Å². The van der Waals surface area contributed by atoms with Crippen LogP contribution in [0.5, 0.6) is 0 Å². The smallest absolute Gasteiger partial charge is 0.224 e. The summed E-state index contributed by atoms with van der Waals surface area (Å²) in [6.07, 6.45) is 5.25. The van der Waals surface area contributed by atoms with Crippen molar-refractivity contribution in [1.29, 1.82) is 5.26 Å². The van der Waals surface area contributed by atoms with Crippen molar-refractivity contribution < 1.29 is 4.79 Å². The lowest BCUT2D eigenvalue weighted by Gasteiger charge is -2.29. The molecule has 2 saturated heterocycles. The van der Waals surface area contributed by atoms with E-state index in [1.807, 2.05) is 12.1 Å². The molecule has 2 aliphatic heterocycles. The van der Waals surface area contributed by atoms with Crippen LogP contribution in [0.2, 0.25) is 0 Å². The fourth-order valence-corrected chi connectivity index (χ4v) is 3.95. The van der Waals surface area contributed by atoms with Crippen LogP contribution in [-0.2, 0) is 11.2 Å². The first-order valence-corrected chi connectivity index (χ1v) is 8.64. The van der Waals surface area contributed by atoms with E-state index in [1.165, 1.54) is 25.7 Å². The third-order valence-electron chi connectivity index (χ3n) is 4.67. The van der Waals surface area contributed by atoms with E-state index >= 15 is 0 Å². The van der Waals surface area contributed by atoms with Crippen molar-refractivity contribution in [1.82, 2.24) is 10.6 Å². The van der Waals surface area contributed by atoms with Crippen LogP contribution < -0.4 is 10.6 Å². The molecule has 1 amide bonds. The molecule has 3 atom stereocenters. The molecule has 4 nitrogen and oxygen atoms in total. The molecule has 0 saturated carbocycles. The first-order chi connectivity index (χ1) is 10.6. The highest BCUT2D eigenvalue weighted by molar-refractivity contribution is 9.10. The summed E-state index contributed by atoms with van der Waals surface area (Å²) in [4.78, 5) is 12.1. The van der Waals surface area contributed by atoms with Gasteiger partial charge < -0.3 is 10.6 Å².